The lowest BCUT2D eigenvalue weighted by atomic mass is 10.0. The quantitative estimate of drug-likeness (QED) is 0.835. The van der Waals surface area contributed by atoms with Gasteiger partial charge in [-0.15, -0.1) is 0 Å². The van der Waals surface area contributed by atoms with Crippen LogP contribution in [-0.2, 0) is 16.6 Å². The number of amides is 2. The van der Waals surface area contributed by atoms with Gasteiger partial charge in [0.05, 0.1) is 18.2 Å². The molecule has 0 radical (unpaired) electrons. The molecule has 132 valence electrons. The van der Waals surface area contributed by atoms with E-state index in [-0.39, 0.29) is 24.9 Å². The molecule has 0 unspecified atom stereocenters. The normalized spacial score (nSPS) is 24.9. The number of aromatic nitrogens is 2. The summed E-state index contributed by atoms with van der Waals surface area (Å²) in [6, 6.07) is -0.113. The van der Waals surface area contributed by atoms with Gasteiger partial charge in [-0.2, -0.15) is 18.3 Å². The third-order valence-corrected chi connectivity index (χ3v) is 4.58. The molecule has 0 N–H and O–H groups in total. The average Bonchev–Trinajstić information content (AvgIpc) is 3.17. The Hall–Kier alpha value is -2.06. The Balaban J connectivity index is 1.69. The smallest absolute Gasteiger partial charge is 0.335 e. The summed E-state index contributed by atoms with van der Waals surface area (Å²) in [6.07, 6.45) is 0.575. The minimum Gasteiger partial charge on any atom is -0.335 e. The minimum atomic E-state index is -4.44. The van der Waals surface area contributed by atoms with Gasteiger partial charge in [0, 0.05) is 38.3 Å². The summed E-state index contributed by atoms with van der Waals surface area (Å²) in [7, 11) is 1.79. The molecule has 0 bridgehead atoms. The van der Waals surface area contributed by atoms with Gasteiger partial charge in [-0.1, -0.05) is 0 Å². The van der Waals surface area contributed by atoms with Crippen LogP contribution >= 0.6 is 0 Å². The maximum absolute atomic E-state index is 12.7. The van der Waals surface area contributed by atoms with Crippen molar-refractivity contribution < 1.29 is 22.8 Å². The van der Waals surface area contributed by atoms with Crippen LogP contribution in [0.15, 0.2) is 12.4 Å². The number of aryl methyl sites for hydroxylation is 1. The molecule has 1 aromatic rings. The number of alkyl halides is 3. The van der Waals surface area contributed by atoms with Crippen LogP contribution < -0.4 is 0 Å². The van der Waals surface area contributed by atoms with E-state index in [0.717, 1.165) is 23.3 Å². The van der Waals surface area contributed by atoms with E-state index in [1.54, 1.807) is 22.8 Å². The van der Waals surface area contributed by atoms with E-state index in [1.165, 1.54) is 0 Å². The van der Waals surface area contributed by atoms with Crippen LogP contribution in [0, 0.1) is 5.92 Å². The van der Waals surface area contributed by atoms with Crippen LogP contribution in [0.3, 0.4) is 0 Å². The SMILES string of the molecule is Cn1cc([C@@H]2CCCN2C(=O)[C@@H]2CC(=O)N(CC(F)(F)F)C2)cn1. The van der Waals surface area contributed by atoms with Crippen LogP contribution in [0.1, 0.15) is 30.9 Å². The van der Waals surface area contributed by atoms with E-state index >= 15 is 0 Å². The highest BCUT2D eigenvalue weighted by Gasteiger charge is 2.43. The molecule has 3 heterocycles. The van der Waals surface area contributed by atoms with E-state index in [2.05, 4.69) is 5.10 Å². The maximum Gasteiger partial charge on any atom is 0.406 e. The summed E-state index contributed by atoms with van der Waals surface area (Å²) < 4.78 is 39.1. The first-order valence-corrected chi connectivity index (χ1v) is 7.88. The Morgan fingerprint density at radius 1 is 1.42 bits per heavy atom. The highest BCUT2D eigenvalue weighted by molar-refractivity contribution is 5.89. The van der Waals surface area contributed by atoms with Crippen LogP contribution in [0.25, 0.3) is 0 Å². The average molecular weight is 344 g/mol. The number of hydrogen-bond donors (Lipinski definition) is 0. The Morgan fingerprint density at radius 3 is 2.79 bits per heavy atom. The molecule has 1 aromatic heterocycles. The predicted octanol–water partition coefficient (Wildman–Crippen LogP) is 1.49. The van der Waals surface area contributed by atoms with E-state index < -0.39 is 24.5 Å². The van der Waals surface area contributed by atoms with Gasteiger partial charge in [0.15, 0.2) is 0 Å². The van der Waals surface area contributed by atoms with Crippen LogP contribution in [0.2, 0.25) is 0 Å². The van der Waals surface area contributed by atoms with Gasteiger partial charge >= 0.3 is 6.18 Å². The summed E-state index contributed by atoms with van der Waals surface area (Å²) in [5, 5.41) is 4.11. The summed E-state index contributed by atoms with van der Waals surface area (Å²) in [6.45, 7) is -0.891. The van der Waals surface area contributed by atoms with Crippen molar-refractivity contribution in [2.75, 3.05) is 19.6 Å². The second kappa shape index (κ2) is 6.10. The van der Waals surface area contributed by atoms with Crippen LogP contribution in [-0.4, -0.2) is 57.2 Å². The van der Waals surface area contributed by atoms with Crippen molar-refractivity contribution in [3.63, 3.8) is 0 Å². The number of likely N-dealkylation sites (tertiary alicyclic amines) is 2. The molecule has 0 saturated carbocycles. The summed E-state index contributed by atoms with van der Waals surface area (Å²) in [5.41, 5.74) is 0.917. The molecule has 2 fully saturated rings. The lowest BCUT2D eigenvalue weighted by molar-refractivity contribution is -0.157. The highest BCUT2D eigenvalue weighted by Crippen LogP contribution is 2.34. The molecule has 0 aromatic carbocycles. The summed E-state index contributed by atoms with van der Waals surface area (Å²) >= 11 is 0. The van der Waals surface area contributed by atoms with Crippen molar-refractivity contribution in [3.8, 4) is 0 Å². The van der Waals surface area contributed by atoms with E-state index in [1.807, 2.05) is 6.20 Å². The molecule has 0 aliphatic carbocycles. The van der Waals surface area contributed by atoms with Gasteiger partial charge in [0.2, 0.25) is 11.8 Å². The molecular weight excluding hydrogens is 325 g/mol. The molecule has 2 amide bonds. The number of carbonyl (C=O) groups is 2. The molecule has 2 aliphatic heterocycles. The topological polar surface area (TPSA) is 58.4 Å². The molecule has 6 nitrogen and oxygen atoms in total. The maximum atomic E-state index is 12.7. The number of hydrogen-bond acceptors (Lipinski definition) is 3. The predicted molar refractivity (Wildman–Crippen MR) is 77.6 cm³/mol. The van der Waals surface area contributed by atoms with Gasteiger partial charge in [0.1, 0.15) is 6.54 Å². The summed E-state index contributed by atoms with van der Waals surface area (Å²) in [4.78, 5) is 26.9. The van der Waals surface area contributed by atoms with Crippen molar-refractivity contribution in [2.45, 2.75) is 31.5 Å². The van der Waals surface area contributed by atoms with Crippen molar-refractivity contribution in [2.24, 2.45) is 13.0 Å². The number of nitrogens with zero attached hydrogens (tertiary/aromatic N) is 4. The van der Waals surface area contributed by atoms with Gasteiger partial charge < -0.3 is 9.80 Å². The molecule has 0 spiro atoms. The van der Waals surface area contributed by atoms with Crippen LogP contribution in [0.4, 0.5) is 13.2 Å². The van der Waals surface area contributed by atoms with Crippen LogP contribution in [0.5, 0.6) is 0 Å². The lowest BCUT2D eigenvalue weighted by Crippen LogP contribution is -2.39. The molecule has 3 rings (SSSR count). The second-order valence-electron chi connectivity index (χ2n) is 6.43. The zero-order chi connectivity index (χ0) is 17.5. The van der Waals surface area contributed by atoms with Crippen molar-refractivity contribution in [3.05, 3.63) is 18.0 Å². The Labute approximate surface area is 137 Å². The molecule has 9 heteroatoms. The van der Waals surface area contributed by atoms with E-state index in [9.17, 15) is 22.8 Å². The monoisotopic (exact) mass is 344 g/mol. The molecule has 2 atom stereocenters. The Morgan fingerprint density at radius 2 is 2.17 bits per heavy atom. The fourth-order valence-corrected chi connectivity index (χ4v) is 3.53. The first-order chi connectivity index (χ1) is 11.2. The second-order valence-corrected chi connectivity index (χ2v) is 6.43. The zero-order valence-corrected chi connectivity index (χ0v) is 13.3. The van der Waals surface area contributed by atoms with Gasteiger partial charge in [0.25, 0.3) is 0 Å². The lowest BCUT2D eigenvalue weighted by Gasteiger charge is -2.26. The minimum absolute atomic E-state index is 0.113. The Bertz CT molecular complexity index is 643. The molecule has 2 aliphatic rings. The van der Waals surface area contributed by atoms with Gasteiger partial charge in [-0.3, -0.25) is 14.3 Å². The zero-order valence-electron chi connectivity index (χ0n) is 13.3. The third kappa shape index (κ3) is 3.39. The van der Waals surface area contributed by atoms with E-state index in [4.69, 9.17) is 0 Å². The summed E-state index contributed by atoms with van der Waals surface area (Å²) in [5.74, 6) is -1.54. The Kier molecular flexibility index (Phi) is 4.27. The first kappa shape index (κ1) is 16.8. The fraction of sp³-hybridized carbons (Fsp3) is 0.667. The number of rotatable bonds is 3. The third-order valence-electron chi connectivity index (χ3n) is 4.58. The van der Waals surface area contributed by atoms with E-state index in [0.29, 0.717) is 6.54 Å². The highest BCUT2D eigenvalue weighted by atomic mass is 19.4. The largest absolute Gasteiger partial charge is 0.406 e. The van der Waals surface area contributed by atoms with Gasteiger partial charge in [-0.05, 0) is 12.8 Å². The molecule has 2 saturated heterocycles. The standard InChI is InChI=1S/C15H19F3N4O2/c1-20-7-11(6-19-20)12-3-2-4-22(12)14(24)10-5-13(23)21(8-10)9-15(16,17)18/h6-7,10,12H,2-5,8-9H2,1H3/t10-,12+/m1/s1. The molecular formula is C15H19F3N4O2. The number of carbonyl (C=O) groups excluding carboxylic acids is 2. The van der Waals surface area contributed by atoms with Crippen molar-refractivity contribution in [1.82, 2.24) is 19.6 Å². The fourth-order valence-electron chi connectivity index (χ4n) is 3.53. The first-order valence-electron chi connectivity index (χ1n) is 7.88. The van der Waals surface area contributed by atoms with Gasteiger partial charge in [-0.25, -0.2) is 0 Å². The van der Waals surface area contributed by atoms with Crippen molar-refractivity contribution >= 4 is 11.8 Å². The van der Waals surface area contributed by atoms with Crippen molar-refractivity contribution in [1.29, 1.82) is 0 Å². The molecule has 24 heavy (non-hydrogen) atoms. The number of halogens is 3.